The molecule has 7 heteroatoms. The fraction of sp³-hybridized carbons (Fsp3) is 0.750. The Kier molecular flexibility index (Phi) is 3.98. The molecule has 3 N–H and O–H groups in total. The van der Waals surface area contributed by atoms with Crippen molar-refractivity contribution in [2.75, 3.05) is 0 Å². The highest BCUT2D eigenvalue weighted by molar-refractivity contribution is 7.89. The lowest BCUT2D eigenvalue weighted by Gasteiger charge is -2.34. The van der Waals surface area contributed by atoms with Crippen LogP contribution in [0.5, 0.6) is 0 Å². The Balaban J connectivity index is 2.07. The molecule has 0 radical (unpaired) electrons. The second-order valence-electron chi connectivity index (χ2n) is 5.94. The van der Waals surface area contributed by atoms with E-state index >= 15 is 0 Å². The summed E-state index contributed by atoms with van der Waals surface area (Å²) in [5.74, 6) is 0. The quantitative estimate of drug-likeness (QED) is 0.774. The van der Waals surface area contributed by atoms with Crippen molar-refractivity contribution in [3.8, 4) is 0 Å². The lowest BCUT2D eigenvalue weighted by Crippen LogP contribution is -2.39. The Morgan fingerprint density at radius 3 is 2.68 bits per heavy atom. The van der Waals surface area contributed by atoms with Crippen LogP contribution in [0.15, 0.2) is 11.2 Å². The first kappa shape index (κ1) is 14.5. The highest BCUT2D eigenvalue weighted by Crippen LogP contribution is 2.35. The van der Waals surface area contributed by atoms with Crippen LogP contribution < -0.4 is 4.72 Å². The fourth-order valence-electron chi connectivity index (χ4n) is 2.44. The molecule has 0 unspecified atom stereocenters. The van der Waals surface area contributed by atoms with Crippen LogP contribution >= 0.6 is 0 Å². The summed E-state index contributed by atoms with van der Waals surface area (Å²) in [7, 11) is -3.62. The average molecular weight is 287 g/mol. The molecule has 108 valence electrons. The SMILES string of the molecule is CC1(C)CCC(NS(=O)(=O)c2[nH]ncc2CO)CC1. The molecule has 1 saturated carbocycles. The zero-order valence-electron chi connectivity index (χ0n) is 11.3. The molecule has 0 spiro atoms. The van der Waals surface area contributed by atoms with Crippen LogP contribution in [0.3, 0.4) is 0 Å². The lowest BCUT2D eigenvalue weighted by molar-refractivity contribution is 0.218. The minimum absolute atomic E-state index is 0.0279. The first-order valence-corrected chi connectivity index (χ1v) is 7.98. The molecule has 1 fully saturated rings. The lowest BCUT2D eigenvalue weighted by atomic mass is 9.76. The number of sulfonamides is 1. The molecule has 1 aliphatic rings. The van der Waals surface area contributed by atoms with Crippen molar-refractivity contribution >= 4 is 10.0 Å². The molecule has 0 bridgehead atoms. The second kappa shape index (κ2) is 5.22. The molecule has 1 heterocycles. The Bertz CT molecular complexity index is 526. The number of H-pyrrole nitrogens is 1. The zero-order chi connectivity index (χ0) is 14.1. The van der Waals surface area contributed by atoms with Crippen LogP contribution in [0.2, 0.25) is 0 Å². The summed E-state index contributed by atoms with van der Waals surface area (Å²) in [6, 6.07) is -0.0344. The van der Waals surface area contributed by atoms with Crippen molar-refractivity contribution in [1.82, 2.24) is 14.9 Å². The van der Waals surface area contributed by atoms with E-state index in [0.29, 0.717) is 11.0 Å². The third kappa shape index (κ3) is 3.34. The molecule has 19 heavy (non-hydrogen) atoms. The number of aromatic nitrogens is 2. The van der Waals surface area contributed by atoms with Gasteiger partial charge >= 0.3 is 0 Å². The van der Waals surface area contributed by atoms with E-state index in [4.69, 9.17) is 5.11 Å². The first-order chi connectivity index (χ1) is 8.84. The highest BCUT2D eigenvalue weighted by atomic mass is 32.2. The number of hydrogen-bond acceptors (Lipinski definition) is 4. The summed E-state index contributed by atoms with van der Waals surface area (Å²) < 4.78 is 27.1. The van der Waals surface area contributed by atoms with Gasteiger partial charge in [-0.3, -0.25) is 5.10 Å². The molecule has 0 aliphatic heterocycles. The monoisotopic (exact) mass is 287 g/mol. The molecule has 0 aromatic carbocycles. The van der Waals surface area contributed by atoms with Gasteiger partial charge in [0.15, 0.2) is 5.03 Å². The number of aromatic amines is 1. The van der Waals surface area contributed by atoms with Crippen LogP contribution in [-0.4, -0.2) is 29.8 Å². The normalized spacial score (nSPS) is 20.6. The van der Waals surface area contributed by atoms with Crippen LogP contribution in [0.4, 0.5) is 0 Å². The summed E-state index contributed by atoms with van der Waals surface area (Å²) in [6.45, 7) is 4.07. The number of aliphatic hydroxyl groups excluding tert-OH is 1. The second-order valence-corrected chi connectivity index (χ2v) is 7.59. The number of rotatable bonds is 4. The van der Waals surface area contributed by atoms with Crippen molar-refractivity contribution in [1.29, 1.82) is 0 Å². The van der Waals surface area contributed by atoms with E-state index in [1.54, 1.807) is 0 Å². The molecule has 1 aromatic rings. The molecule has 6 nitrogen and oxygen atoms in total. The van der Waals surface area contributed by atoms with Gasteiger partial charge in [0, 0.05) is 11.6 Å². The predicted octanol–water partition coefficient (Wildman–Crippen LogP) is 1.15. The van der Waals surface area contributed by atoms with Gasteiger partial charge in [0.05, 0.1) is 12.8 Å². The van der Waals surface area contributed by atoms with Gasteiger partial charge < -0.3 is 5.11 Å². The number of aliphatic hydroxyl groups is 1. The Labute approximate surface area is 113 Å². The minimum atomic E-state index is -3.62. The van der Waals surface area contributed by atoms with E-state index in [2.05, 4.69) is 28.8 Å². The van der Waals surface area contributed by atoms with E-state index in [1.807, 2.05) is 0 Å². The van der Waals surface area contributed by atoms with E-state index in [9.17, 15) is 8.42 Å². The summed E-state index contributed by atoms with van der Waals surface area (Å²) in [5.41, 5.74) is 0.593. The van der Waals surface area contributed by atoms with Crippen molar-refractivity contribution in [2.24, 2.45) is 5.41 Å². The maximum absolute atomic E-state index is 12.2. The number of hydrogen-bond donors (Lipinski definition) is 3. The van der Waals surface area contributed by atoms with Gasteiger partial charge in [0.1, 0.15) is 0 Å². The van der Waals surface area contributed by atoms with Gasteiger partial charge in [0.25, 0.3) is 10.0 Å². The summed E-state index contributed by atoms with van der Waals surface area (Å²) in [5, 5.41) is 15.2. The fourth-order valence-corrected chi connectivity index (χ4v) is 3.87. The van der Waals surface area contributed by atoms with Gasteiger partial charge in [-0.25, -0.2) is 13.1 Å². The predicted molar refractivity (Wildman–Crippen MR) is 70.9 cm³/mol. The molecule has 0 saturated heterocycles. The van der Waals surface area contributed by atoms with Gasteiger partial charge in [-0.15, -0.1) is 0 Å². The van der Waals surface area contributed by atoms with Gasteiger partial charge in [-0.2, -0.15) is 5.10 Å². The van der Waals surface area contributed by atoms with E-state index < -0.39 is 10.0 Å². The number of nitrogens with one attached hydrogen (secondary N) is 2. The van der Waals surface area contributed by atoms with Crippen molar-refractivity contribution in [2.45, 2.75) is 57.2 Å². The van der Waals surface area contributed by atoms with E-state index in [0.717, 1.165) is 25.7 Å². The highest BCUT2D eigenvalue weighted by Gasteiger charge is 2.30. The molecule has 0 atom stereocenters. The molecule has 0 amide bonds. The summed E-state index contributed by atoms with van der Waals surface area (Å²) in [6.07, 6.45) is 5.04. The van der Waals surface area contributed by atoms with E-state index in [1.165, 1.54) is 6.20 Å². The van der Waals surface area contributed by atoms with Crippen molar-refractivity contribution < 1.29 is 13.5 Å². The maximum Gasteiger partial charge on any atom is 0.258 e. The Morgan fingerprint density at radius 2 is 2.11 bits per heavy atom. The van der Waals surface area contributed by atoms with Crippen LogP contribution in [0.25, 0.3) is 0 Å². The molecule has 2 rings (SSSR count). The van der Waals surface area contributed by atoms with Crippen molar-refractivity contribution in [3.05, 3.63) is 11.8 Å². The largest absolute Gasteiger partial charge is 0.392 e. The molecule has 1 aliphatic carbocycles. The zero-order valence-corrected chi connectivity index (χ0v) is 12.1. The summed E-state index contributed by atoms with van der Waals surface area (Å²) in [4.78, 5) is 0. The van der Waals surface area contributed by atoms with Crippen LogP contribution in [0.1, 0.15) is 45.1 Å². The van der Waals surface area contributed by atoms with Gasteiger partial charge in [-0.1, -0.05) is 13.8 Å². The maximum atomic E-state index is 12.2. The third-order valence-corrected chi connectivity index (χ3v) is 5.31. The standard InChI is InChI=1S/C12H21N3O3S/c1-12(2)5-3-10(4-6-12)15-19(17,18)11-9(8-16)7-13-14-11/h7,10,15-16H,3-6,8H2,1-2H3,(H,13,14). The van der Waals surface area contributed by atoms with E-state index in [-0.39, 0.29) is 17.7 Å². The molecular formula is C12H21N3O3S. The topological polar surface area (TPSA) is 95.1 Å². The Hall–Kier alpha value is -0.920. The molecule has 1 aromatic heterocycles. The summed E-state index contributed by atoms with van der Waals surface area (Å²) >= 11 is 0. The van der Waals surface area contributed by atoms with Crippen molar-refractivity contribution in [3.63, 3.8) is 0 Å². The average Bonchev–Trinajstić information content (AvgIpc) is 2.81. The third-order valence-electron chi connectivity index (χ3n) is 3.78. The smallest absolute Gasteiger partial charge is 0.258 e. The Morgan fingerprint density at radius 1 is 1.47 bits per heavy atom. The van der Waals surface area contributed by atoms with Gasteiger partial charge in [0.2, 0.25) is 0 Å². The van der Waals surface area contributed by atoms with Crippen LogP contribution in [0, 0.1) is 5.41 Å². The number of nitrogens with zero attached hydrogens (tertiary/aromatic N) is 1. The first-order valence-electron chi connectivity index (χ1n) is 6.49. The minimum Gasteiger partial charge on any atom is -0.392 e. The van der Waals surface area contributed by atoms with Gasteiger partial charge in [-0.05, 0) is 31.1 Å². The molecular weight excluding hydrogens is 266 g/mol. The van der Waals surface area contributed by atoms with Crippen LogP contribution in [-0.2, 0) is 16.6 Å².